The number of rotatable bonds is 4. The van der Waals surface area contributed by atoms with Crippen LogP contribution in [0.3, 0.4) is 0 Å². The third-order valence-corrected chi connectivity index (χ3v) is 11.1. The van der Waals surface area contributed by atoms with Crippen molar-refractivity contribution in [1.82, 2.24) is 20.5 Å². The minimum atomic E-state index is -3.69. The lowest BCUT2D eigenvalue weighted by atomic mass is 9.65. The smallest absolute Gasteiger partial charge is 0.269 e. The number of benzene rings is 2. The van der Waals surface area contributed by atoms with E-state index in [4.69, 9.17) is 23.8 Å². The normalized spacial score (nSPS) is 22.4. The van der Waals surface area contributed by atoms with Gasteiger partial charge in [0.05, 0.1) is 9.92 Å². The van der Waals surface area contributed by atoms with Crippen molar-refractivity contribution >= 4 is 72.2 Å². The van der Waals surface area contributed by atoms with E-state index < -0.39 is 21.8 Å². The van der Waals surface area contributed by atoms with Gasteiger partial charge in [-0.25, -0.2) is 8.42 Å². The first kappa shape index (κ1) is 28.0. The summed E-state index contributed by atoms with van der Waals surface area (Å²) < 4.78 is 29.5. The van der Waals surface area contributed by atoms with Crippen LogP contribution in [0, 0.1) is 10.8 Å². The zero-order valence-corrected chi connectivity index (χ0v) is 24.9. The lowest BCUT2D eigenvalue weighted by Gasteiger charge is -2.39. The predicted molar refractivity (Wildman–Crippen MR) is 157 cm³/mol. The number of nitrogens with zero attached hydrogens (tertiary/aromatic N) is 1. The second kappa shape index (κ2) is 10.1. The van der Waals surface area contributed by atoms with Crippen molar-refractivity contribution in [1.29, 1.82) is 0 Å². The molecule has 1 saturated carbocycles. The molecule has 3 aromatic rings. The van der Waals surface area contributed by atoms with Gasteiger partial charge in [-0.15, -0.1) is 11.3 Å². The molecule has 3 N–H and O–H groups in total. The average Bonchev–Trinajstić information content (AvgIpc) is 3.35. The fourth-order valence-electron chi connectivity index (χ4n) is 6.14. The van der Waals surface area contributed by atoms with E-state index >= 15 is 0 Å². The first-order valence-electron chi connectivity index (χ1n) is 12.5. The van der Waals surface area contributed by atoms with Crippen LogP contribution in [0.5, 0.6) is 0 Å². The number of thiophene rings is 1. The Bertz CT molecular complexity index is 1590. The molecule has 8 nitrogen and oxygen atoms in total. The van der Waals surface area contributed by atoms with Crippen molar-refractivity contribution in [2.75, 3.05) is 6.54 Å². The Morgan fingerprint density at radius 2 is 1.72 bits per heavy atom. The first-order valence-corrected chi connectivity index (χ1v) is 15.5. The topological polar surface area (TPSA) is 108 Å². The molecule has 2 aliphatic rings. The number of thiocarbonyl (C=S) groups is 1. The number of amides is 2. The second-order valence-electron chi connectivity index (χ2n) is 11.4. The summed E-state index contributed by atoms with van der Waals surface area (Å²) >= 11 is 12.7. The van der Waals surface area contributed by atoms with Crippen molar-refractivity contribution < 1.29 is 18.0 Å². The Morgan fingerprint density at radius 1 is 1.03 bits per heavy atom. The molecule has 2 amide bonds. The maximum absolute atomic E-state index is 13.5. The van der Waals surface area contributed by atoms with Crippen molar-refractivity contribution in [2.24, 2.45) is 10.8 Å². The fourth-order valence-corrected chi connectivity index (χ4v) is 9.47. The number of carbonyl (C=O) groups excluding carboxylic acids is 2. The zero-order chi connectivity index (χ0) is 28.2. The van der Waals surface area contributed by atoms with Crippen LogP contribution in [0.4, 0.5) is 0 Å². The van der Waals surface area contributed by atoms with Crippen LogP contribution in [-0.4, -0.2) is 42.2 Å². The number of sulfonamides is 1. The molecular weight excluding hydrogens is 576 g/mol. The lowest BCUT2D eigenvalue weighted by molar-refractivity contribution is 0.0935. The monoisotopic (exact) mass is 604 g/mol. The molecule has 1 saturated heterocycles. The molecule has 2 bridgehead atoms. The molecule has 12 heteroatoms. The summed E-state index contributed by atoms with van der Waals surface area (Å²) in [7, 11) is -3.69. The van der Waals surface area contributed by atoms with E-state index in [0.29, 0.717) is 16.4 Å². The highest BCUT2D eigenvalue weighted by Crippen LogP contribution is 2.53. The van der Waals surface area contributed by atoms with Gasteiger partial charge in [-0.2, -0.15) is 4.31 Å². The van der Waals surface area contributed by atoms with Gasteiger partial charge in [0.25, 0.3) is 11.8 Å². The van der Waals surface area contributed by atoms with Crippen LogP contribution in [0.1, 0.15) is 60.1 Å². The Labute approximate surface area is 242 Å². The SMILES string of the molecule is CC1(C)CC2CC(C)(CN2S(=O)(=O)c2ccc(C(=O)NNC(=S)NC(=O)c3sc4ccccc4c3Cl)cc2)C1. The third-order valence-electron chi connectivity index (χ3n) is 7.35. The molecular formula is C27H29ClN4O4S3. The predicted octanol–water partition coefficient (Wildman–Crippen LogP) is 5.09. The average molecular weight is 605 g/mol. The number of hydrazine groups is 1. The summed E-state index contributed by atoms with van der Waals surface area (Å²) in [4.78, 5) is 25.7. The molecule has 39 heavy (non-hydrogen) atoms. The van der Waals surface area contributed by atoms with Gasteiger partial charge in [-0.1, -0.05) is 50.6 Å². The number of hydrogen-bond donors (Lipinski definition) is 3. The van der Waals surface area contributed by atoms with Crippen LogP contribution in [0.2, 0.25) is 5.02 Å². The molecule has 2 fully saturated rings. The van der Waals surface area contributed by atoms with Crippen molar-refractivity contribution in [3.8, 4) is 0 Å². The maximum Gasteiger partial charge on any atom is 0.269 e. The summed E-state index contributed by atoms with van der Waals surface area (Å²) in [5, 5.41) is 3.50. The van der Waals surface area contributed by atoms with Gasteiger partial charge in [-0.05, 0) is 72.6 Å². The molecule has 0 spiro atoms. The van der Waals surface area contributed by atoms with Crippen molar-refractivity contribution in [3.05, 3.63) is 64.0 Å². The van der Waals surface area contributed by atoms with E-state index in [1.807, 2.05) is 24.3 Å². The van der Waals surface area contributed by atoms with Crippen LogP contribution >= 0.6 is 35.2 Å². The van der Waals surface area contributed by atoms with Crippen molar-refractivity contribution in [3.63, 3.8) is 0 Å². The first-order chi connectivity index (χ1) is 18.3. The van der Waals surface area contributed by atoms with E-state index in [-0.39, 0.29) is 32.4 Å². The number of fused-ring (bicyclic) bond motifs is 3. The molecule has 206 valence electrons. The van der Waals surface area contributed by atoms with Crippen LogP contribution in [0.15, 0.2) is 53.4 Å². The molecule has 2 atom stereocenters. The summed E-state index contributed by atoms with van der Waals surface area (Å²) in [6.07, 6.45) is 2.70. The Balaban J connectivity index is 1.19. The number of carbonyl (C=O) groups is 2. The summed E-state index contributed by atoms with van der Waals surface area (Å²) in [6, 6.07) is 13.2. The van der Waals surface area contributed by atoms with Crippen molar-refractivity contribution in [2.45, 2.75) is 51.0 Å². The number of hydrogen-bond acceptors (Lipinski definition) is 6. The van der Waals surface area contributed by atoms with Gasteiger partial charge in [0.1, 0.15) is 4.88 Å². The summed E-state index contributed by atoms with van der Waals surface area (Å²) in [6.45, 7) is 7.07. The largest absolute Gasteiger partial charge is 0.297 e. The highest BCUT2D eigenvalue weighted by molar-refractivity contribution is 7.89. The number of nitrogens with one attached hydrogen (secondary N) is 3. The van der Waals surface area contributed by atoms with Gasteiger partial charge >= 0.3 is 0 Å². The van der Waals surface area contributed by atoms with Gasteiger partial charge in [0, 0.05) is 28.2 Å². The fraction of sp³-hybridized carbons (Fsp3) is 0.370. The molecule has 1 aromatic heterocycles. The third kappa shape index (κ3) is 5.55. The van der Waals surface area contributed by atoms with Crippen LogP contribution < -0.4 is 16.2 Å². The maximum atomic E-state index is 13.5. The minimum Gasteiger partial charge on any atom is -0.297 e. The molecule has 1 aliphatic carbocycles. The quantitative estimate of drug-likeness (QED) is 0.283. The second-order valence-corrected chi connectivity index (χ2v) is 15.1. The molecule has 2 aromatic carbocycles. The van der Waals surface area contributed by atoms with Gasteiger partial charge in [-0.3, -0.25) is 25.8 Å². The van der Waals surface area contributed by atoms with Crippen LogP contribution in [-0.2, 0) is 10.0 Å². The summed E-state index contributed by atoms with van der Waals surface area (Å²) in [5.41, 5.74) is 5.22. The van der Waals surface area contributed by atoms with Gasteiger partial charge in [0.15, 0.2) is 5.11 Å². The van der Waals surface area contributed by atoms with E-state index in [2.05, 4.69) is 36.9 Å². The Kier molecular flexibility index (Phi) is 7.26. The Morgan fingerprint density at radius 3 is 2.41 bits per heavy atom. The highest BCUT2D eigenvalue weighted by Gasteiger charge is 2.53. The van der Waals surface area contributed by atoms with Gasteiger partial charge < -0.3 is 0 Å². The molecule has 1 aliphatic heterocycles. The number of halogens is 1. The van der Waals surface area contributed by atoms with E-state index in [1.165, 1.54) is 35.6 Å². The van der Waals surface area contributed by atoms with E-state index in [1.54, 1.807) is 4.31 Å². The lowest BCUT2D eigenvalue weighted by Crippen LogP contribution is -2.48. The van der Waals surface area contributed by atoms with E-state index in [9.17, 15) is 18.0 Å². The Hall–Kier alpha value is -2.57. The van der Waals surface area contributed by atoms with Gasteiger partial charge in [0.2, 0.25) is 10.0 Å². The molecule has 0 radical (unpaired) electrons. The molecule has 2 unspecified atom stereocenters. The molecule has 5 rings (SSSR count). The van der Waals surface area contributed by atoms with Crippen LogP contribution in [0.25, 0.3) is 10.1 Å². The minimum absolute atomic E-state index is 0.0189. The highest BCUT2D eigenvalue weighted by atomic mass is 35.5. The zero-order valence-electron chi connectivity index (χ0n) is 21.7. The standard InChI is InChI=1S/C27H29ClN4O4S3/c1-26(2)12-17-13-27(3,14-26)15-32(17)39(35,36)18-10-8-16(9-11-18)23(33)30-31-25(37)29-24(34)22-21(28)19-6-4-5-7-20(19)38-22/h4-11,17H,12-15H2,1-3H3,(H,30,33)(H2,29,31,34,37). The summed E-state index contributed by atoms with van der Waals surface area (Å²) in [5.74, 6) is -1.03. The van der Waals surface area contributed by atoms with E-state index in [0.717, 1.165) is 29.3 Å². The molecule has 2 heterocycles.